The fourth-order valence-electron chi connectivity index (χ4n) is 4.07. The average Bonchev–Trinajstić information content (AvgIpc) is 3.54. The molecule has 0 bridgehead atoms. The Kier molecular flexibility index (Phi) is 4.83. The first-order valence-electron chi connectivity index (χ1n) is 10.3. The van der Waals surface area contributed by atoms with E-state index in [2.05, 4.69) is 16.0 Å². The van der Waals surface area contributed by atoms with Gasteiger partial charge in [-0.15, -0.1) is 0 Å². The van der Waals surface area contributed by atoms with Crippen molar-refractivity contribution < 1.29 is 17.9 Å². The molecule has 1 saturated carbocycles. The highest BCUT2D eigenvalue weighted by molar-refractivity contribution is 7.89. The minimum atomic E-state index is -3.57. The number of ether oxygens (including phenoxy) is 1. The van der Waals surface area contributed by atoms with E-state index in [1.165, 1.54) is 17.7 Å². The summed E-state index contributed by atoms with van der Waals surface area (Å²) >= 11 is 0. The zero-order valence-electron chi connectivity index (χ0n) is 16.5. The van der Waals surface area contributed by atoms with Gasteiger partial charge < -0.3 is 9.72 Å². The second-order valence-electron chi connectivity index (χ2n) is 7.99. The van der Waals surface area contributed by atoms with E-state index in [0.29, 0.717) is 24.8 Å². The van der Waals surface area contributed by atoms with Crippen LogP contribution in [0, 0.1) is 5.92 Å². The number of aromatic amines is 1. The number of carbonyl (C=O) groups excluding carboxylic acids is 1. The highest BCUT2D eigenvalue weighted by atomic mass is 32.2. The number of H-pyrrole nitrogens is 1. The zero-order chi connectivity index (χ0) is 20.7. The molecule has 1 N–H and O–H groups in total. The summed E-state index contributed by atoms with van der Waals surface area (Å²) in [6.07, 6.45) is 7.02. The van der Waals surface area contributed by atoms with E-state index in [1.54, 1.807) is 22.6 Å². The number of nitrogens with one attached hydrogen (secondary N) is 1. The third-order valence-corrected chi connectivity index (χ3v) is 7.88. The van der Waals surface area contributed by atoms with Crippen LogP contribution in [0.25, 0.3) is 11.0 Å². The van der Waals surface area contributed by atoms with Gasteiger partial charge in [-0.1, -0.05) is 0 Å². The molecule has 2 aliphatic rings. The first kappa shape index (κ1) is 19.3. The molecule has 1 aliphatic carbocycles. The van der Waals surface area contributed by atoms with Crippen molar-refractivity contribution >= 4 is 27.0 Å². The fraction of sp³-hybridized carbons (Fsp3) is 0.364. The van der Waals surface area contributed by atoms with Gasteiger partial charge in [0.15, 0.2) is 0 Å². The molecule has 3 heterocycles. The van der Waals surface area contributed by atoms with E-state index in [0.717, 1.165) is 36.7 Å². The molecule has 0 amide bonds. The van der Waals surface area contributed by atoms with Crippen molar-refractivity contribution in [2.75, 3.05) is 13.1 Å². The van der Waals surface area contributed by atoms with E-state index in [9.17, 15) is 13.2 Å². The Balaban J connectivity index is 1.26. The molecule has 1 saturated heterocycles. The smallest absolute Gasteiger partial charge is 0.314 e. The van der Waals surface area contributed by atoms with Crippen LogP contribution < -0.4 is 4.74 Å². The Bertz CT molecular complexity index is 1170. The summed E-state index contributed by atoms with van der Waals surface area (Å²) in [5, 5.41) is 1.11. The summed E-state index contributed by atoms with van der Waals surface area (Å²) in [7, 11) is -3.57. The molecule has 30 heavy (non-hydrogen) atoms. The molecule has 2 aromatic heterocycles. The van der Waals surface area contributed by atoms with Crippen molar-refractivity contribution in [1.29, 1.82) is 0 Å². The minimum Gasteiger partial charge on any atom is -0.426 e. The lowest BCUT2D eigenvalue weighted by molar-refractivity contribution is -0.135. The Labute approximate surface area is 175 Å². The van der Waals surface area contributed by atoms with Crippen LogP contribution in [0.4, 0.5) is 0 Å². The van der Waals surface area contributed by atoms with E-state index < -0.39 is 10.0 Å². The van der Waals surface area contributed by atoms with Crippen molar-refractivity contribution in [3.63, 3.8) is 0 Å². The molecule has 1 aromatic carbocycles. The number of benzene rings is 1. The number of nitrogens with zero attached hydrogens (tertiary/aromatic N) is 2. The number of hydrogen-bond donors (Lipinski definition) is 1. The van der Waals surface area contributed by atoms with Crippen LogP contribution >= 0.6 is 0 Å². The van der Waals surface area contributed by atoms with Crippen LogP contribution in [-0.2, 0) is 14.8 Å². The second kappa shape index (κ2) is 7.52. The van der Waals surface area contributed by atoms with Crippen molar-refractivity contribution in [2.45, 2.75) is 36.5 Å². The number of fused-ring (bicyclic) bond motifs is 1. The summed E-state index contributed by atoms with van der Waals surface area (Å²) < 4.78 is 32.9. The van der Waals surface area contributed by atoms with Crippen molar-refractivity contribution in [3.8, 4) is 5.75 Å². The summed E-state index contributed by atoms with van der Waals surface area (Å²) in [5.41, 5.74) is 2.07. The van der Waals surface area contributed by atoms with Gasteiger partial charge in [-0.25, -0.2) is 13.4 Å². The number of carbonyl (C=O) groups is 1. The van der Waals surface area contributed by atoms with Crippen LogP contribution in [0.1, 0.15) is 37.2 Å². The Morgan fingerprint density at radius 3 is 2.50 bits per heavy atom. The monoisotopic (exact) mass is 425 g/mol. The van der Waals surface area contributed by atoms with Crippen LogP contribution in [0.15, 0.2) is 53.7 Å². The van der Waals surface area contributed by atoms with Gasteiger partial charge in [-0.3, -0.25) is 4.79 Å². The standard InChI is InChI=1S/C22H23N3O4S/c26-22(16-3-4-16)29-17-5-7-18(8-6-17)30(27,28)25-12-9-15(10-13-25)20-14-24-21-19(20)2-1-11-23-21/h1-2,5-8,11,14-16H,3-4,9-10,12-13H2,(H,23,24). The highest BCUT2D eigenvalue weighted by Crippen LogP contribution is 2.35. The maximum absolute atomic E-state index is 13.0. The lowest BCUT2D eigenvalue weighted by Crippen LogP contribution is -2.37. The molecule has 8 heteroatoms. The SMILES string of the molecule is O=C(Oc1ccc(S(=O)(=O)N2CCC(c3c[nH]c4ncccc34)CC2)cc1)C1CC1. The first-order valence-corrected chi connectivity index (χ1v) is 11.7. The van der Waals surface area contributed by atoms with Crippen molar-refractivity contribution in [2.24, 2.45) is 5.92 Å². The predicted molar refractivity (Wildman–Crippen MR) is 112 cm³/mol. The van der Waals surface area contributed by atoms with Gasteiger partial charge in [-0.2, -0.15) is 4.31 Å². The van der Waals surface area contributed by atoms with Crippen molar-refractivity contribution in [3.05, 3.63) is 54.4 Å². The molecule has 0 radical (unpaired) electrons. The van der Waals surface area contributed by atoms with Gasteiger partial charge in [0.05, 0.1) is 10.8 Å². The molecule has 5 rings (SSSR count). The van der Waals surface area contributed by atoms with Gasteiger partial charge >= 0.3 is 5.97 Å². The predicted octanol–water partition coefficient (Wildman–Crippen LogP) is 3.45. The summed E-state index contributed by atoms with van der Waals surface area (Å²) in [6, 6.07) is 10.1. The van der Waals surface area contributed by atoms with Gasteiger partial charge in [0, 0.05) is 30.9 Å². The molecule has 3 aromatic rings. The third-order valence-electron chi connectivity index (χ3n) is 5.97. The Morgan fingerprint density at radius 2 is 1.80 bits per heavy atom. The number of piperidine rings is 1. The van der Waals surface area contributed by atoms with Crippen molar-refractivity contribution in [1.82, 2.24) is 14.3 Å². The van der Waals surface area contributed by atoms with Crippen LogP contribution in [0.2, 0.25) is 0 Å². The lowest BCUT2D eigenvalue weighted by Gasteiger charge is -2.31. The average molecular weight is 426 g/mol. The number of pyridine rings is 1. The van der Waals surface area contributed by atoms with Gasteiger partial charge in [0.1, 0.15) is 11.4 Å². The molecule has 156 valence electrons. The Morgan fingerprint density at radius 1 is 1.07 bits per heavy atom. The van der Waals surface area contributed by atoms with Gasteiger partial charge in [0.25, 0.3) is 0 Å². The number of esters is 1. The summed E-state index contributed by atoms with van der Waals surface area (Å²) in [5.74, 6) is 0.457. The van der Waals surface area contributed by atoms with E-state index in [-0.39, 0.29) is 16.8 Å². The lowest BCUT2D eigenvalue weighted by atomic mass is 9.90. The molecule has 7 nitrogen and oxygen atoms in total. The second-order valence-corrected chi connectivity index (χ2v) is 9.93. The number of rotatable bonds is 5. The minimum absolute atomic E-state index is 0.00244. The van der Waals surface area contributed by atoms with Gasteiger partial charge in [0.2, 0.25) is 10.0 Å². The zero-order valence-corrected chi connectivity index (χ0v) is 17.3. The number of aromatic nitrogens is 2. The largest absolute Gasteiger partial charge is 0.426 e. The maximum atomic E-state index is 13.0. The van der Waals surface area contributed by atoms with Crippen LogP contribution in [-0.4, -0.2) is 41.7 Å². The third kappa shape index (κ3) is 3.61. The van der Waals surface area contributed by atoms with E-state index in [4.69, 9.17) is 4.74 Å². The van der Waals surface area contributed by atoms with Crippen LogP contribution in [0.5, 0.6) is 5.75 Å². The van der Waals surface area contributed by atoms with E-state index >= 15 is 0 Å². The maximum Gasteiger partial charge on any atom is 0.314 e. The normalized spacial score (nSPS) is 18.5. The first-order chi connectivity index (χ1) is 14.5. The molecule has 0 spiro atoms. The topological polar surface area (TPSA) is 92.4 Å². The number of sulfonamides is 1. The molecule has 0 unspecified atom stereocenters. The quantitative estimate of drug-likeness (QED) is 0.499. The molecular formula is C22H23N3O4S. The molecule has 0 atom stereocenters. The molecule has 2 fully saturated rings. The highest BCUT2D eigenvalue weighted by Gasteiger charge is 2.33. The number of hydrogen-bond acceptors (Lipinski definition) is 5. The van der Waals surface area contributed by atoms with Crippen LogP contribution in [0.3, 0.4) is 0 Å². The fourth-order valence-corrected chi connectivity index (χ4v) is 5.54. The summed E-state index contributed by atoms with van der Waals surface area (Å²) in [4.78, 5) is 19.5. The summed E-state index contributed by atoms with van der Waals surface area (Å²) in [6.45, 7) is 0.941. The Hall–Kier alpha value is -2.71. The van der Waals surface area contributed by atoms with E-state index in [1.807, 2.05) is 12.3 Å². The van der Waals surface area contributed by atoms with Gasteiger partial charge in [-0.05, 0) is 73.6 Å². The molecular weight excluding hydrogens is 402 g/mol. The molecule has 1 aliphatic heterocycles.